The molecular formula is C22H32N6O2. The van der Waals surface area contributed by atoms with Gasteiger partial charge in [0.25, 0.3) is 0 Å². The van der Waals surface area contributed by atoms with Crippen LogP contribution in [0.2, 0.25) is 0 Å². The summed E-state index contributed by atoms with van der Waals surface area (Å²) in [7, 11) is 3.87. The molecule has 2 fully saturated rings. The molecule has 0 radical (unpaired) electrons. The van der Waals surface area contributed by atoms with E-state index in [-0.39, 0.29) is 0 Å². The number of hydrogen-bond donors (Lipinski definition) is 1. The van der Waals surface area contributed by atoms with Crippen molar-refractivity contribution < 1.29 is 9.47 Å². The average Bonchev–Trinajstić information content (AvgIpc) is 2.77. The summed E-state index contributed by atoms with van der Waals surface area (Å²) in [5, 5.41) is 0. The number of nitrogen functional groups attached to an aromatic ring is 1. The van der Waals surface area contributed by atoms with Gasteiger partial charge in [-0.15, -0.1) is 0 Å². The van der Waals surface area contributed by atoms with Gasteiger partial charge in [-0.3, -0.25) is 4.90 Å². The predicted octanol–water partition coefficient (Wildman–Crippen LogP) is 2.10. The Balaban J connectivity index is 1.61. The molecule has 2 saturated heterocycles. The van der Waals surface area contributed by atoms with E-state index >= 15 is 0 Å². The zero-order valence-corrected chi connectivity index (χ0v) is 18.3. The number of benzene rings is 1. The fourth-order valence-corrected chi connectivity index (χ4v) is 4.24. The number of nitrogens with two attached hydrogens (primary N) is 1. The second-order valence-electron chi connectivity index (χ2n) is 8.25. The Labute approximate surface area is 178 Å². The quantitative estimate of drug-likeness (QED) is 0.765. The minimum atomic E-state index is 0.458. The minimum absolute atomic E-state index is 0.458. The lowest BCUT2D eigenvalue weighted by atomic mass is 10.0. The second kappa shape index (κ2) is 8.65. The van der Waals surface area contributed by atoms with Gasteiger partial charge in [-0.05, 0) is 27.0 Å². The number of ether oxygens (including phenoxy) is 2. The minimum Gasteiger partial charge on any atom is -0.496 e. The molecule has 30 heavy (non-hydrogen) atoms. The first-order chi connectivity index (χ1) is 14.5. The van der Waals surface area contributed by atoms with Gasteiger partial charge in [0.05, 0.1) is 31.7 Å². The number of rotatable bonds is 4. The summed E-state index contributed by atoms with van der Waals surface area (Å²) in [6.07, 6.45) is 3.68. The highest BCUT2D eigenvalue weighted by atomic mass is 16.5. The van der Waals surface area contributed by atoms with E-state index in [9.17, 15) is 0 Å². The molecule has 4 rings (SSSR count). The van der Waals surface area contributed by atoms with E-state index < -0.39 is 0 Å². The topological polar surface area (TPSA) is 80.0 Å². The Kier molecular flexibility index (Phi) is 5.97. The lowest BCUT2D eigenvalue weighted by Crippen LogP contribution is -2.55. The number of hydrogen-bond acceptors (Lipinski definition) is 8. The molecule has 0 spiro atoms. The van der Waals surface area contributed by atoms with Crippen molar-refractivity contribution >= 4 is 17.3 Å². The highest BCUT2D eigenvalue weighted by Gasteiger charge is 2.28. The van der Waals surface area contributed by atoms with Crippen molar-refractivity contribution in [3.8, 4) is 16.9 Å². The molecule has 0 amide bonds. The maximum atomic E-state index is 6.51. The molecule has 0 saturated carbocycles. The third-order valence-corrected chi connectivity index (χ3v) is 6.29. The summed E-state index contributed by atoms with van der Waals surface area (Å²) >= 11 is 0. The Morgan fingerprint density at radius 3 is 2.27 bits per heavy atom. The van der Waals surface area contributed by atoms with E-state index in [4.69, 9.17) is 15.2 Å². The van der Waals surface area contributed by atoms with Crippen molar-refractivity contribution in [2.24, 2.45) is 0 Å². The van der Waals surface area contributed by atoms with Gasteiger partial charge in [0.15, 0.2) is 0 Å². The van der Waals surface area contributed by atoms with Crippen LogP contribution in [-0.4, -0.2) is 80.5 Å². The van der Waals surface area contributed by atoms with Crippen molar-refractivity contribution in [1.82, 2.24) is 14.9 Å². The van der Waals surface area contributed by atoms with Crippen LogP contribution >= 0.6 is 0 Å². The third-order valence-electron chi connectivity index (χ3n) is 6.29. The molecule has 2 aromatic rings. The molecule has 2 N–H and O–H groups in total. The summed E-state index contributed by atoms with van der Waals surface area (Å²) in [4.78, 5) is 16.0. The molecule has 3 heterocycles. The van der Waals surface area contributed by atoms with Gasteiger partial charge >= 0.3 is 0 Å². The van der Waals surface area contributed by atoms with Gasteiger partial charge in [-0.25, -0.2) is 9.97 Å². The maximum Gasteiger partial charge on any atom is 0.225 e. The van der Waals surface area contributed by atoms with Crippen LogP contribution < -0.4 is 20.3 Å². The highest BCUT2D eigenvalue weighted by Crippen LogP contribution is 2.38. The van der Waals surface area contributed by atoms with Crippen LogP contribution in [0.3, 0.4) is 0 Å². The normalized spacial score (nSPS) is 22.9. The molecule has 0 aliphatic carbocycles. The fraction of sp³-hybridized carbons (Fsp3) is 0.545. The van der Waals surface area contributed by atoms with E-state index in [0.29, 0.717) is 25.3 Å². The van der Waals surface area contributed by atoms with Crippen LogP contribution in [0, 0.1) is 0 Å². The highest BCUT2D eigenvalue weighted by molar-refractivity contribution is 5.81. The van der Waals surface area contributed by atoms with Crippen molar-refractivity contribution in [1.29, 1.82) is 0 Å². The summed E-state index contributed by atoms with van der Waals surface area (Å²) in [5.74, 6) is 1.51. The van der Waals surface area contributed by atoms with E-state index in [1.54, 1.807) is 7.11 Å². The first kappa shape index (κ1) is 20.7. The first-order valence-electron chi connectivity index (χ1n) is 10.6. The largest absolute Gasteiger partial charge is 0.496 e. The fourth-order valence-electron chi connectivity index (χ4n) is 4.24. The van der Waals surface area contributed by atoms with Gasteiger partial charge < -0.3 is 25.0 Å². The van der Waals surface area contributed by atoms with Crippen LogP contribution in [0.4, 0.5) is 17.3 Å². The number of likely N-dealkylation sites (N-methyl/N-ethyl adjacent to an activating group) is 1. The van der Waals surface area contributed by atoms with Crippen LogP contribution in [0.5, 0.6) is 5.75 Å². The van der Waals surface area contributed by atoms with Crippen LogP contribution in [0.15, 0.2) is 24.5 Å². The van der Waals surface area contributed by atoms with Gasteiger partial charge in [-0.2, -0.15) is 0 Å². The number of anilines is 3. The van der Waals surface area contributed by atoms with Crippen molar-refractivity contribution in [2.75, 3.05) is 69.1 Å². The van der Waals surface area contributed by atoms with Crippen LogP contribution in [0.1, 0.15) is 13.8 Å². The van der Waals surface area contributed by atoms with Gasteiger partial charge in [-0.1, -0.05) is 0 Å². The molecule has 8 nitrogen and oxygen atoms in total. The monoisotopic (exact) mass is 412 g/mol. The third kappa shape index (κ3) is 4.02. The Morgan fingerprint density at radius 1 is 1.03 bits per heavy atom. The second-order valence-corrected chi connectivity index (χ2v) is 8.25. The number of piperazine rings is 1. The Hall–Kier alpha value is -2.58. The average molecular weight is 413 g/mol. The lowest BCUT2D eigenvalue weighted by molar-refractivity contribution is 0.122. The molecular weight excluding hydrogens is 380 g/mol. The zero-order chi connectivity index (χ0) is 21.3. The van der Waals surface area contributed by atoms with Crippen LogP contribution in [0.25, 0.3) is 11.1 Å². The first-order valence-corrected chi connectivity index (χ1v) is 10.6. The summed E-state index contributed by atoms with van der Waals surface area (Å²) < 4.78 is 11.1. The molecule has 0 bridgehead atoms. The predicted molar refractivity (Wildman–Crippen MR) is 120 cm³/mol. The summed E-state index contributed by atoms with van der Waals surface area (Å²) in [5.41, 5.74) is 10.1. The number of nitrogens with zero attached hydrogens (tertiary/aromatic N) is 5. The lowest BCUT2D eigenvalue weighted by Gasteiger charge is -2.44. The number of aromatic nitrogens is 2. The van der Waals surface area contributed by atoms with Crippen LogP contribution in [-0.2, 0) is 4.74 Å². The molecule has 162 valence electrons. The van der Waals surface area contributed by atoms with E-state index in [1.165, 1.54) is 0 Å². The zero-order valence-electron chi connectivity index (χ0n) is 18.3. The molecule has 1 aromatic carbocycles. The molecule has 2 aliphatic rings. The standard InChI is InChI=1S/C22H32N6O2/c1-15-13-28(14-16(2)26(15)3)20-10-21(29-4)18(9-19(20)23)17-11-24-22(25-12-17)27-5-7-30-8-6-27/h9-12,15-16H,5-8,13-14,23H2,1-4H3. The van der Waals surface area contributed by atoms with E-state index in [1.807, 2.05) is 24.5 Å². The SMILES string of the molecule is COc1cc(N2CC(C)N(C)C(C)C2)c(N)cc1-c1cnc(N2CCOCC2)nc1. The smallest absolute Gasteiger partial charge is 0.225 e. The van der Waals surface area contributed by atoms with Gasteiger partial charge in [0.1, 0.15) is 5.75 Å². The van der Waals surface area contributed by atoms with Gasteiger partial charge in [0, 0.05) is 67.8 Å². The van der Waals surface area contributed by atoms with E-state index in [0.717, 1.165) is 60.4 Å². The molecule has 2 aliphatic heterocycles. The Morgan fingerprint density at radius 2 is 1.67 bits per heavy atom. The van der Waals surface area contributed by atoms with Gasteiger partial charge in [0.2, 0.25) is 5.95 Å². The number of morpholine rings is 1. The molecule has 2 atom stereocenters. The Bertz CT molecular complexity index is 857. The van der Waals surface area contributed by atoms with E-state index in [2.05, 4.69) is 45.6 Å². The van der Waals surface area contributed by atoms with Crippen molar-refractivity contribution in [2.45, 2.75) is 25.9 Å². The van der Waals surface area contributed by atoms with Crippen molar-refractivity contribution in [3.63, 3.8) is 0 Å². The molecule has 2 unspecified atom stereocenters. The number of methoxy groups -OCH3 is 1. The maximum absolute atomic E-state index is 6.51. The summed E-state index contributed by atoms with van der Waals surface area (Å²) in [6, 6.07) is 4.94. The van der Waals surface area contributed by atoms with Crippen molar-refractivity contribution in [3.05, 3.63) is 24.5 Å². The summed E-state index contributed by atoms with van der Waals surface area (Å²) in [6.45, 7) is 9.41. The molecule has 1 aromatic heterocycles. The molecule has 8 heteroatoms.